The van der Waals surface area contributed by atoms with Crippen LogP contribution in [0.25, 0.3) is 0 Å². The number of carbonyl (C=O) groups is 1. The van der Waals surface area contributed by atoms with E-state index in [0.717, 1.165) is 5.56 Å². The van der Waals surface area contributed by atoms with Crippen molar-refractivity contribution in [3.63, 3.8) is 0 Å². The minimum absolute atomic E-state index is 0.0112. The number of hydrogen-bond donors (Lipinski definition) is 1. The number of benzene rings is 1. The van der Waals surface area contributed by atoms with Crippen molar-refractivity contribution < 1.29 is 14.6 Å². The first-order valence-corrected chi connectivity index (χ1v) is 5.90. The molecular weight excluding hydrogens is 270 g/mol. The second-order valence-corrected chi connectivity index (χ2v) is 4.19. The Labute approximate surface area is 114 Å². The minimum Gasteiger partial charge on any atom is -0.464 e. The maximum atomic E-state index is 11.5. The van der Waals surface area contributed by atoms with Crippen LogP contribution in [0.5, 0.6) is 0 Å². The summed E-state index contributed by atoms with van der Waals surface area (Å²) >= 11 is 6.05. The summed E-state index contributed by atoms with van der Waals surface area (Å²) in [5.74, 6) is -0.630. The minimum atomic E-state index is -0.630. The third-order valence-electron chi connectivity index (χ3n) is 2.64. The maximum absolute atomic E-state index is 11.5. The van der Waals surface area contributed by atoms with Crippen molar-refractivity contribution in [1.29, 1.82) is 0 Å². The fraction of sp³-hybridized carbons (Fsp3) is 0.250. The molecule has 2 aromatic rings. The first-order valence-electron chi connectivity index (χ1n) is 5.52. The number of carbonyl (C=O) groups excluding carboxylic acids is 1. The Hall–Kier alpha value is -1.92. The van der Waals surface area contributed by atoms with Gasteiger partial charge in [-0.05, 0) is 11.6 Å². The summed E-state index contributed by atoms with van der Waals surface area (Å²) in [6.07, 6.45) is 0. The van der Waals surface area contributed by atoms with Crippen LogP contribution < -0.4 is 0 Å². The van der Waals surface area contributed by atoms with E-state index in [-0.39, 0.29) is 12.3 Å². The summed E-state index contributed by atoms with van der Waals surface area (Å²) in [5, 5.41) is 17.5. The summed E-state index contributed by atoms with van der Waals surface area (Å²) in [4.78, 5) is 11.5. The van der Waals surface area contributed by atoms with Crippen molar-refractivity contribution >= 4 is 17.6 Å². The lowest BCUT2D eigenvalue weighted by Crippen LogP contribution is -2.10. The molecule has 7 heteroatoms. The number of rotatable bonds is 4. The van der Waals surface area contributed by atoms with Gasteiger partial charge >= 0.3 is 5.97 Å². The van der Waals surface area contributed by atoms with E-state index in [0.29, 0.717) is 17.3 Å². The SMILES string of the molecule is COC(=O)c1nnn(Cc2ccccc2Cl)c1CO. The smallest absolute Gasteiger partial charge is 0.360 e. The maximum Gasteiger partial charge on any atom is 0.360 e. The molecule has 0 amide bonds. The molecule has 1 N–H and O–H groups in total. The normalized spacial score (nSPS) is 10.5. The van der Waals surface area contributed by atoms with Gasteiger partial charge in [0.15, 0.2) is 5.69 Å². The zero-order valence-electron chi connectivity index (χ0n) is 10.2. The Kier molecular flexibility index (Phi) is 4.13. The van der Waals surface area contributed by atoms with Gasteiger partial charge < -0.3 is 9.84 Å². The van der Waals surface area contributed by atoms with Crippen molar-refractivity contribution in [2.24, 2.45) is 0 Å². The third-order valence-corrected chi connectivity index (χ3v) is 3.01. The molecule has 0 bridgehead atoms. The van der Waals surface area contributed by atoms with Crippen LogP contribution in [0.15, 0.2) is 24.3 Å². The molecule has 0 unspecified atom stereocenters. The van der Waals surface area contributed by atoms with E-state index in [4.69, 9.17) is 11.6 Å². The number of nitrogens with zero attached hydrogens (tertiary/aromatic N) is 3. The highest BCUT2D eigenvalue weighted by Crippen LogP contribution is 2.17. The molecule has 19 heavy (non-hydrogen) atoms. The predicted octanol–water partition coefficient (Wildman–Crippen LogP) is 1.26. The molecule has 0 fully saturated rings. The third kappa shape index (κ3) is 2.74. The Balaban J connectivity index is 2.34. The molecular formula is C12H12ClN3O3. The monoisotopic (exact) mass is 281 g/mol. The number of ether oxygens (including phenoxy) is 1. The molecule has 0 aliphatic heterocycles. The summed E-state index contributed by atoms with van der Waals surface area (Å²) < 4.78 is 6.00. The van der Waals surface area contributed by atoms with Crippen LogP contribution >= 0.6 is 11.6 Å². The average Bonchev–Trinajstić information content (AvgIpc) is 2.83. The number of halogens is 1. The molecule has 0 spiro atoms. The number of esters is 1. The van der Waals surface area contributed by atoms with Gasteiger partial charge in [-0.3, -0.25) is 0 Å². The van der Waals surface area contributed by atoms with E-state index in [9.17, 15) is 9.90 Å². The van der Waals surface area contributed by atoms with Gasteiger partial charge in [0.25, 0.3) is 0 Å². The molecule has 100 valence electrons. The van der Waals surface area contributed by atoms with Crippen LogP contribution in [-0.4, -0.2) is 33.2 Å². The molecule has 0 aliphatic carbocycles. The molecule has 0 atom stereocenters. The van der Waals surface area contributed by atoms with Gasteiger partial charge in [0, 0.05) is 5.02 Å². The molecule has 0 aliphatic rings. The highest BCUT2D eigenvalue weighted by Gasteiger charge is 2.19. The number of aliphatic hydroxyl groups excluding tert-OH is 1. The van der Waals surface area contributed by atoms with Crippen LogP contribution in [0.2, 0.25) is 5.02 Å². The van der Waals surface area contributed by atoms with Gasteiger partial charge in [-0.1, -0.05) is 35.0 Å². The standard InChI is InChI=1S/C12H12ClN3O3/c1-19-12(18)11-10(7-17)16(15-14-11)6-8-4-2-3-5-9(8)13/h2-5,17H,6-7H2,1H3. The summed E-state index contributed by atoms with van der Waals surface area (Å²) in [6, 6.07) is 7.26. The molecule has 0 saturated heterocycles. The van der Waals surface area contributed by atoms with Gasteiger partial charge in [0.1, 0.15) is 0 Å². The van der Waals surface area contributed by atoms with Crippen molar-refractivity contribution in [2.45, 2.75) is 13.2 Å². The Morgan fingerprint density at radius 3 is 2.84 bits per heavy atom. The van der Waals surface area contributed by atoms with Crippen molar-refractivity contribution in [1.82, 2.24) is 15.0 Å². The number of hydrogen-bond acceptors (Lipinski definition) is 5. The van der Waals surface area contributed by atoms with Crippen LogP contribution in [0.1, 0.15) is 21.7 Å². The largest absolute Gasteiger partial charge is 0.464 e. The van der Waals surface area contributed by atoms with E-state index < -0.39 is 5.97 Å². The van der Waals surface area contributed by atoms with Gasteiger partial charge in [-0.15, -0.1) is 5.10 Å². The topological polar surface area (TPSA) is 77.2 Å². The van der Waals surface area contributed by atoms with Crippen molar-refractivity contribution in [2.75, 3.05) is 7.11 Å². The highest BCUT2D eigenvalue weighted by atomic mass is 35.5. The lowest BCUT2D eigenvalue weighted by Gasteiger charge is -2.06. The van der Waals surface area contributed by atoms with Crippen molar-refractivity contribution in [3.8, 4) is 0 Å². The lowest BCUT2D eigenvalue weighted by molar-refractivity contribution is 0.0590. The number of aliphatic hydroxyl groups is 1. The van der Waals surface area contributed by atoms with E-state index in [1.807, 2.05) is 18.2 Å². The Morgan fingerprint density at radius 1 is 1.47 bits per heavy atom. The molecule has 1 aromatic heterocycles. The first-order chi connectivity index (χ1) is 9.17. The Bertz CT molecular complexity index is 598. The number of methoxy groups -OCH3 is 1. The molecule has 1 heterocycles. The number of aromatic nitrogens is 3. The average molecular weight is 282 g/mol. The van der Waals surface area contributed by atoms with E-state index >= 15 is 0 Å². The summed E-state index contributed by atoms with van der Waals surface area (Å²) in [5.41, 5.74) is 1.13. The first kappa shape index (κ1) is 13.5. The van der Waals surface area contributed by atoms with Gasteiger partial charge in [0.2, 0.25) is 0 Å². The van der Waals surface area contributed by atoms with Crippen molar-refractivity contribution in [3.05, 3.63) is 46.2 Å². The van der Waals surface area contributed by atoms with Crippen LogP contribution in [-0.2, 0) is 17.9 Å². The van der Waals surface area contributed by atoms with Crippen LogP contribution in [0.3, 0.4) is 0 Å². The van der Waals surface area contributed by atoms with Gasteiger partial charge in [0.05, 0.1) is 26.0 Å². The highest BCUT2D eigenvalue weighted by molar-refractivity contribution is 6.31. The van der Waals surface area contributed by atoms with Crippen LogP contribution in [0.4, 0.5) is 0 Å². The summed E-state index contributed by atoms with van der Waals surface area (Å²) in [7, 11) is 1.25. The lowest BCUT2D eigenvalue weighted by atomic mass is 10.2. The molecule has 6 nitrogen and oxygen atoms in total. The van der Waals surface area contributed by atoms with Gasteiger partial charge in [-0.2, -0.15) is 0 Å². The molecule has 0 saturated carbocycles. The van der Waals surface area contributed by atoms with E-state index in [2.05, 4.69) is 15.0 Å². The second kappa shape index (κ2) is 5.81. The fourth-order valence-corrected chi connectivity index (χ4v) is 1.85. The van der Waals surface area contributed by atoms with Gasteiger partial charge in [-0.25, -0.2) is 9.48 Å². The predicted molar refractivity (Wildman–Crippen MR) is 67.8 cm³/mol. The quantitative estimate of drug-likeness (QED) is 0.854. The summed E-state index contributed by atoms with van der Waals surface area (Å²) in [6.45, 7) is -0.0402. The van der Waals surface area contributed by atoms with E-state index in [1.54, 1.807) is 6.07 Å². The zero-order valence-corrected chi connectivity index (χ0v) is 11.0. The zero-order chi connectivity index (χ0) is 13.8. The molecule has 1 aromatic carbocycles. The fourth-order valence-electron chi connectivity index (χ4n) is 1.66. The Morgan fingerprint density at radius 2 is 2.21 bits per heavy atom. The second-order valence-electron chi connectivity index (χ2n) is 3.78. The van der Waals surface area contributed by atoms with Crippen LogP contribution in [0, 0.1) is 0 Å². The molecule has 0 radical (unpaired) electrons. The molecule has 2 rings (SSSR count). The van der Waals surface area contributed by atoms with E-state index in [1.165, 1.54) is 11.8 Å².